The molecule has 1 heterocycles. The van der Waals surface area contributed by atoms with Crippen molar-refractivity contribution in [2.45, 2.75) is 6.61 Å². The number of carbonyl (C=O) groups excluding carboxylic acids is 2. The van der Waals surface area contributed by atoms with Crippen molar-refractivity contribution in [3.8, 4) is 11.5 Å². The molecule has 2 aromatic carbocycles. The van der Waals surface area contributed by atoms with Gasteiger partial charge < -0.3 is 9.47 Å². The lowest BCUT2D eigenvalue weighted by atomic mass is 10.2. The number of carbonyl (C=O) groups is 2. The van der Waals surface area contributed by atoms with E-state index in [9.17, 15) is 9.59 Å². The van der Waals surface area contributed by atoms with Gasteiger partial charge in [-0.1, -0.05) is 35.3 Å². The van der Waals surface area contributed by atoms with Gasteiger partial charge in [0.2, 0.25) is 0 Å². The number of amides is 2. The van der Waals surface area contributed by atoms with Gasteiger partial charge in [-0.05, 0) is 47.7 Å². The molecular formula is C18H13Cl2NO4S. The molecule has 2 aromatic rings. The zero-order valence-electron chi connectivity index (χ0n) is 13.5. The number of ether oxygens (including phenoxy) is 2. The maximum Gasteiger partial charge on any atom is 0.290 e. The normalized spacial score (nSPS) is 15.3. The zero-order chi connectivity index (χ0) is 18.7. The van der Waals surface area contributed by atoms with Crippen molar-refractivity contribution < 1.29 is 19.1 Å². The lowest BCUT2D eigenvalue weighted by Gasteiger charge is -2.13. The van der Waals surface area contributed by atoms with E-state index in [0.717, 1.165) is 11.8 Å². The van der Waals surface area contributed by atoms with Crippen LogP contribution in [0.4, 0.5) is 4.79 Å². The van der Waals surface area contributed by atoms with Crippen LogP contribution in [-0.2, 0) is 11.4 Å². The number of nitrogens with one attached hydrogen (secondary N) is 1. The van der Waals surface area contributed by atoms with Gasteiger partial charge in [0.05, 0.1) is 12.0 Å². The van der Waals surface area contributed by atoms with E-state index in [1.54, 1.807) is 42.5 Å². The minimum atomic E-state index is -0.410. The van der Waals surface area contributed by atoms with E-state index >= 15 is 0 Å². The summed E-state index contributed by atoms with van der Waals surface area (Å²) in [6, 6.07) is 10.4. The molecule has 2 amide bonds. The molecule has 5 nitrogen and oxygen atoms in total. The van der Waals surface area contributed by atoms with Crippen LogP contribution < -0.4 is 14.8 Å². The molecule has 0 aromatic heterocycles. The predicted octanol–water partition coefficient (Wildman–Crippen LogP) is 4.90. The van der Waals surface area contributed by atoms with Crippen LogP contribution >= 0.6 is 35.0 Å². The number of hydrogen-bond donors (Lipinski definition) is 1. The van der Waals surface area contributed by atoms with Crippen molar-refractivity contribution in [2.75, 3.05) is 7.11 Å². The van der Waals surface area contributed by atoms with Gasteiger partial charge in [-0.25, -0.2) is 0 Å². The second-order valence-electron chi connectivity index (χ2n) is 5.25. The highest BCUT2D eigenvalue weighted by atomic mass is 35.5. The Kier molecular flexibility index (Phi) is 5.76. The van der Waals surface area contributed by atoms with Crippen LogP contribution in [-0.4, -0.2) is 18.3 Å². The summed E-state index contributed by atoms with van der Waals surface area (Å²) < 4.78 is 11.1. The van der Waals surface area contributed by atoms with Gasteiger partial charge in [-0.3, -0.25) is 14.9 Å². The van der Waals surface area contributed by atoms with Crippen molar-refractivity contribution in [2.24, 2.45) is 0 Å². The Bertz CT molecular complexity index is 894. The number of hydrogen-bond acceptors (Lipinski definition) is 5. The van der Waals surface area contributed by atoms with E-state index in [0.29, 0.717) is 37.6 Å². The van der Waals surface area contributed by atoms with Gasteiger partial charge in [0, 0.05) is 15.6 Å². The molecule has 1 aliphatic rings. The van der Waals surface area contributed by atoms with Crippen molar-refractivity contribution in [3.05, 3.63) is 62.5 Å². The minimum absolute atomic E-state index is 0.183. The van der Waals surface area contributed by atoms with Crippen LogP contribution in [0.3, 0.4) is 0 Å². The quantitative estimate of drug-likeness (QED) is 0.710. The summed E-state index contributed by atoms with van der Waals surface area (Å²) in [6.07, 6.45) is 1.61. The molecule has 134 valence electrons. The molecule has 0 aliphatic carbocycles. The second-order valence-corrected chi connectivity index (χ2v) is 7.08. The Morgan fingerprint density at radius 2 is 1.85 bits per heavy atom. The van der Waals surface area contributed by atoms with E-state index in [1.807, 2.05) is 0 Å². The fraction of sp³-hybridized carbons (Fsp3) is 0.111. The largest absolute Gasteiger partial charge is 0.493 e. The average molecular weight is 410 g/mol. The third-order valence-corrected chi connectivity index (χ3v) is 5.08. The Hall–Kier alpha value is -2.15. The molecule has 1 saturated heterocycles. The first-order chi connectivity index (χ1) is 12.5. The van der Waals surface area contributed by atoms with Crippen LogP contribution in [0.25, 0.3) is 6.08 Å². The van der Waals surface area contributed by atoms with Gasteiger partial charge in [0.15, 0.2) is 11.5 Å². The summed E-state index contributed by atoms with van der Waals surface area (Å²) in [5.74, 6) is 0.579. The van der Waals surface area contributed by atoms with Crippen LogP contribution in [0.5, 0.6) is 11.5 Å². The molecule has 0 saturated carbocycles. The van der Waals surface area contributed by atoms with E-state index in [-0.39, 0.29) is 11.8 Å². The molecule has 0 unspecified atom stereocenters. The highest BCUT2D eigenvalue weighted by Gasteiger charge is 2.25. The van der Waals surface area contributed by atoms with Crippen LogP contribution in [0.2, 0.25) is 10.0 Å². The Morgan fingerprint density at radius 1 is 1.12 bits per heavy atom. The van der Waals surface area contributed by atoms with Gasteiger partial charge in [0.1, 0.15) is 6.61 Å². The number of methoxy groups -OCH3 is 1. The topological polar surface area (TPSA) is 64.6 Å². The first kappa shape index (κ1) is 18.6. The fourth-order valence-electron chi connectivity index (χ4n) is 2.29. The highest BCUT2D eigenvalue weighted by molar-refractivity contribution is 8.18. The molecule has 1 N–H and O–H groups in total. The maximum atomic E-state index is 11.6. The van der Waals surface area contributed by atoms with Crippen molar-refractivity contribution in [1.82, 2.24) is 5.32 Å². The summed E-state index contributed by atoms with van der Waals surface area (Å²) in [7, 11) is 1.52. The first-order valence-corrected chi connectivity index (χ1v) is 9.04. The maximum absolute atomic E-state index is 11.6. The van der Waals surface area contributed by atoms with Crippen LogP contribution in [0, 0.1) is 0 Å². The molecule has 0 spiro atoms. The monoisotopic (exact) mass is 409 g/mol. The third kappa shape index (κ3) is 4.15. The molecule has 0 radical (unpaired) electrons. The van der Waals surface area contributed by atoms with E-state index < -0.39 is 5.91 Å². The van der Waals surface area contributed by atoms with Crippen molar-refractivity contribution in [1.29, 1.82) is 0 Å². The molecule has 1 aliphatic heterocycles. The molecule has 3 rings (SSSR count). The van der Waals surface area contributed by atoms with E-state index in [1.165, 1.54) is 7.11 Å². The second kappa shape index (κ2) is 8.03. The summed E-state index contributed by atoms with van der Waals surface area (Å²) in [4.78, 5) is 23.2. The molecule has 8 heteroatoms. The average Bonchev–Trinajstić information content (AvgIpc) is 2.92. The zero-order valence-corrected chi connectivity index (χ0v) is 15.9. The Morgan fingerprint density at radius 3 is 2.46 bits per heavy atom. The molecule has 0 bridgehead atoms. The van der Waals surface area contributed by atoms with Gasteiger partial charge in [-0.2, -0.15) is 0 Å². The Balaban J connectivity index is 1.80. The number of imide groups is 1. The molecule has 1 fully saturated rings. The fourth-order valence-corrected chi connectivity index (χ4v) is 3.47. The lowest BCUT2D eigenvalue weighted by Crippen LogP contribution is -2.17. The SMILES string of the molecule is COc1cc(/C=C2/SC(=O)NC2=O)ccc1OCc1c(Cl)cccc1Cl. The molecule has 0 atom stereocenters. The van der Waals surface area contributed by atoms with Gasteiger partial charge in [0.25, 0.3) is 11.1 Å². The lowest BCUT2D eigenvalue weighted by molar-refractivity contribution is -0.115. The first-order valence-electron chi connectivity index (χ1n) is 7.46. The van der Waals surface area contributed by atoms with E-state index in [2.05, 4.69) is 5.32 Å². The minimum Gasteiger partial charge on any atom is -0.493 e. The third-order valence-electron chi connectivity index (χ3n) is 3.56. The van der Waals surface area contributed by atoms with Crippen LogP contribution in [0.15, 0.2) is 41.3 Å². The van der Waals surface area contributed by atoms with Gasteiger partial charge in [-0.15, -0.1) is 0 Å². The molecule has 26 heavy (non-hydrogen) atoms. The summed E-state index contributed by atoms with van der Waals surface area (Å²) in [5, 5.41) is 2.87. The van der Waals surface area contributed by atoms with Crippen molar-refractivity contribution in [3.63, 3.8) is 0 Å². The number of rotatable bonds is 5. The summed E-state index contributed by atoms with van der Waals surface area (Å²) in [5.41, 5.74) is 1.39. The summed E-state index contributed by atoms with van der Waals surface area (Å²) in [6.45, 7) is 0.183. The summed E-state index contributed by atoms with van der Waals surface area (Å²) >= 11 is 13.1. The Labute approximate surface area is 164 Å². The smallest absolute Gasteiger partial charge is 0.290 e. The van der Waals surface area contributed by atoms with Crippen molar-refractivity contribution >= 4 is 52.2 Å². The van der Waals surface area contributed by atoms with Gasteiger partial charge >= 0.3 is 0 Å². The van der Waals surface area contributed by atoms with Crippen LogP contribution in [0.1, 0.15) is 11.1 Å². The molecular weight excluding hydrogens is 397 g/mol. The van der Waals surface area contributed by atoms with E-state index in [4.69, 9.17) is 32.7 Å². The number of thioether (sulfide) groups is 1. The highest BCUT2D eigenvalue weighted by Crippen LogP contribution is 2.33. The number of benzene rings is 2. The standard InChI is InChI=1S/C18H13Cl2NO4S/c1-24-15-7-10(8-16-17(22)21-18(23)26-16)5-6-14(15)25-9-11-12(19)3-2-4-13(11)20/h2-8H,9H2,1H3,(H,21,22,23)/b16-8+. The predicted molar refractivity (Wildman–Crippen MR) is 103 cm³/mol. The number of halogens is 2.